The number of rotatable bonds is 2. The summed E-state index contributed by atoms with van der Waals surface area (Å²) in [6, 6.07) is 8.12. The standard InChI is InChI=1S/C27H22F3NO3/c1-13-12-27(2,3)31-19-6-5-15-24(23(13)19)22(10-14-9-17(29)18(30)11-16(14)28)34-21-8-7-20(32)26(33-4)25(15)21/h5-12,31-32H,1-4H3. The molecule has 0 atom stereocenters. The normalized spacial score (nSPS) is 16.6. The summed E-state index contributed by atoms with van der Waals surface area (Å²) in [6.07, 6.45) is 3.42. The molecule has 0 unspecified atom stereocenters. The van der Waals surface area contributed by atoms with Gasteiger partial charge in [-0.05, 0) is 56.7 Å². The van der Waals surface area contributed by atoms with Gasteiger partial charge in [-0.1, -0.05) is 12.1 Å². The van der Waals surface area contributed by atoms with Crippen molar-refractivity contribution in [2.24, 2.45) is 0 Å². The van der Waals surface area contributed by atoms with Crippen LogP contribution in [0.2, 0.25) is 0 Å². The van der Waals surface area contributed by atoms with Gasteiger partial charge >= 0.3 is 0 Å². The molecule has 34 heavy (non-hydrogen) atoms. The molecule has 174 valence electrons. The van der Waals surface area contributed by atoms with Crippen molar-refractivity contribution in [2.75, 3.05) is 12.4 Å². The summed E-state index contributed by atoms with van der Waals surface area (Å²) in [5.41, 5.74) is 4.02. The van der Waals surface area contributed by atoms with E-state index in [1.54, 1.807) is 6.07 Å². The Balaban J connectivity index is 1.85. The van der Waals surface area contributed by atoms with Gasteiger partial charge in [0, 0.05) is 34.0 Å². The molecule has 3 aromatic carbocycles. The lowest BCUT2D eigenvalue weighted by Gasteiger charge is -2.35. The molecule has 0 radical (unpaired) electrons. The van der Waals surface area contributed by atoms with E-state index < -0.39 is 17.5 Å². The monoisotopic (exact) mass is 465 g/mol. The minimum absolute atomic E-state index is 0.0564. The van der Waals surface area contributed by atoms with Crippen LogP contribution in [0.3, 0.4) is 0 Å². The zero-order valence-corrected chi connectivity index (χ0v) is 19.0. The van der Waals surface area contributed by atoms with Gasteiger partial charge in [0.2, 0.25) is 0 Å². The average molecular weight is 465 g/mol. The SMILES string of the molecule is COc1c(O)ccc2c1-c1ccc3c(c1C(=Cc1cc(F)c(F)cc1F)O2)C(C)=CC(C)(C)N3. The van der Waals surface area contributed by atoms with Crippen molar-refractivity contribution in [2.45, 2.75) is 26.3 Å². The fraction of sp³-hybridized carbons (Fsp3) is 0.185. The van der Waals surface area contributed by atoms with Gasteiger partial charge in [0.15, 0.2) is 23.1 Å². The lowest BCUT2D eigenvalue weighted by Crippen LogP contribution is -2.32. The van der Waals surface area contributed by atoms with Crippen LogP contribution >= 0.6 is 0 Å². The van der Waals surface area contributed by atoms with E-state index in [0.717, 1.165) is 22.9 Å². The number of halogens is 3. The molecule has 2 N–H and O–H groups in total. The Morgan fingerprint density at radius 3 is 2.44 bits per heavy atom. The number of aromatic hydroxyl groups is 1. The first-order chi connectivity index (χ1) is 16.1. The molecular formula is C27H22F3NO3. The van der Waals surface area contributed by atoms with Gasteiger partial charge < -0.3 is 19.9 Å². The van der Waals surface area contributed by atoms with Crippen LogP contribution in [0.25, 0.3) is 28.5 Å². The van der Waals surface area contributed by atoms with E-state index in [1.807, 2.05) is 32.9 Å². The third-order valence-corrected chi connectivity index (χ3v) is 6.00. The number of benzene rings is 3. The van der Waals surface area contributed by atoms with Crippen LogP contribution < -0.4 is 14.8 Å². The number of methoxy groups -OCH3 is 1. The molecule has 2 heterocycles. The topological polar surface area (TPSA) is 50.7 Å². The van der Waals surface area contributed by atoms with Crippen LogP contribution in [0.4, 0.5) is 18.9 Å². The molecule has 0 amide bonds. The quantitative estimate of drug-likeness (QED) is 0.401. The highest BCUT2D eigenvalue weighted by molar-refractivity contribution is 6.02. The van der Waals surface area contributed by atoms with Gasteiger partial charge in [-0.15, -0.1) is 0 Å². The Kier molecular flexibility index (Phi) is 4.90. The Hall–Kier alpha value is -3.87. The van der Waals surface area contributed by atoms with Crippen molar-refractivity contribution in [3.63, 3.8) is 0 Å². The smallest absolute Gasteiger partial charge is 0.172 e. The number of fused-ring (bicyclic) bond motifs is 5. The molecule has 0 saturated heterocycles. The van der Waals surface area contributed by atoms with Gasteiger partial charge in [0.1, 0.15) is 17.3 Å². The summed E-state index contributed by atoms with van der Waals surface area (Å²) < 4.78 is 53.7. The summed E-state index contributed by atoms with van der Waals surface area (Å²) in [6.45, 7) is 6.05. The molecule has 0 spiro atoms. The number of phenolic OH excluding ortho intramolecular Hbond substituents is 1. The third kappa shape index (κ3) is 3.39. The Labute approximate surface area is 195 Å². The highest BCUT2D eigenvalue weighted by Crippen LogP contribution is 2.54. The average Bonchev–Trinajstić information content (AvgIpc) is 2.76. The lowest BCUT2D eigenvalue weighted by atomic mass is 9.82. The predicted molar refractivity (Wildman–Crippen MR) is 126 cm³/mol. The van der Waals surface area contributed by atoms with Crippen LogP contribution in [-0.2, 0) is 0 Å². The van der Waals surface area contributed by atoms with Crippen molar-refractivity contribution >= 4 is 23.1 Å². The second-order valence-corrected chi connectivity index (χ2v) is 8.97. The number of hydrogen-bond acceptors (Lipinski definition) is 4. The van der Waals surface area contributed by atoms with Crippen molar-refractivity contribution < 1.29 is 27.8 Å². The van der Waals surface area contributed by atoms with Crippen LogP contribution in [0.1, 0.15) is 37.5 Å². The fourth-order valence-corrected chi connectivity index (χ4v) is 4.74. The number of anilines is 1. The molecule has 0 fully saturated rings. The zero-order valence-electron chi connectivity index (χ0n) is 19.0. The van der Waals surface area contributed by atoms with Crippen LogP contribution in [0.5, 0.6) is 17.2 Å². The van der Waals surface area contributed by atoms with Crippen molar-refractivity contribution in [1.82, 2.24) is 0 Å². The van der Waals surface area contributed by atoms with Crippen LogP contribution in [0, 0.1) is 17.5 Å². The highest BCUT2D eigenvalue weighted by Gasteiger charge is 2.33. The minimum atomic E-state index is -1.27. The fourth-order valence-electron chi connectivity index (χ4n) is 4.74. The zero-order chi connectivity index (χ0) is 24.4. The van der Waals surface area contributed by atoms with Gasteiger partial charge in [0.25, 0.3) is 0 Å². The van der Waals surface area contributed by atoms with E-state index >= 15 is 0 Å². The summed E-state index contributed by atoms with van der Waals surface area (Å²) in [5.74, 6) is -2.53. The number of allylic oxidation sites excluding steroid dienone is 1. The number of nitrogens with one attached hydrogen (secondary N) is 1. The molecule has 4 nitrogen and oxygen atoms in total. The summed E-state index contributed by atoms with van der Waals surface area (Å²) in [4.78, 5) is 0. The van der Waals surface area contributed by atoms with Crippen molar-refractivity contribution in [3.05, 3.63) is 76.6 Å². The molecular weight excluding hydrogens is 443 g/mol. The Morgan fingerprint density at radius 2 is 1.71 bits per heavy atom. The first kappa shape index (κ1) is 21.9. The second-order valence-electron chi connectivity index (χ2n) is 8.97. The van der Waals surface area contributed by atoms with E-state index in [-0.39, 0.29) is 28.4 Å². The molecule has 7 heteroatoms. The maximum atomic E-state index is 14.6. The van der Waals surface area contributed by atoms with Crippen molar-refractivity contribution in [3.8, 4) is 28.4 Å². The lowest BCUT2D eigenvalue weighted by molar-refractivity contribution is 0.371. The van der Waals surface area contributed by atoms with Gasteiger partial charge in [0.05, 0.1) is 18.2 Å². The summed E-state index contributed by atoms with van der Waals surface area (Å²) >= 11 is 0. The van der Waals surface area contributed by atoms with Gasteiger partial charge in [-0.3, -0.25) is 0 Å². The predicted octanol–water partition coefficient (Wildman–Crippen LogP) is 6.98. The van der Waals surface area contributed by atoms with E-state index in [1.165, 1.54) is 19.3 Å². The maximum absolute atomic E-state index is 14.6. The number of ether oxygens (including phenoxy) is 2. The first-order valence-corrected chi connectivity index (χ1v) is 10.7. The number of phenols is 1. The van der Waals surface area contributed by atoms with Crippen LogP contribution in [0.15, 0.2) is 42.5 Å². The van der Waals surface area contributed by atoms with E-state index in [9.17, 15) is 18.3 Å². The number of hydrogen-bond donors (Lipinski definition) is 2. The second kappa shape index (κ2) is 7.58. The third-order valence-electron chi connectivity index (χ3n) is 6.00. The molecule has 5 rings (SSSR count). The molecule has 0 bridgehead atoms. The van der Waals surface area contributed by atoms with E-state index in [2.05, 4.69) is 11.4 Å². The summed E-state index contributed by atoms with van der Waals surface area (Å²) in [7, 11) is 1.45. The molecule has 2 aliphatic rings. The van der Waals surface area contributed by atoms with Gasteiger partial charge in [-0.25, -0.2) is 13.2 Å². The maximum Gasteiger partial charge on any atom is 0.172 e. The Bertz CT molecular complexity index is 1420. The van der Waals surface area contributed by atoms with Crippen molar-refractivity contribution in [1.29, 1.82) is 0 Å². The Morgan fingerprint density at radius 1 is 0.971 bits per heavy atom. The van der Waals surface area contributed by atoms with E-state index in [4.69, 9.17) is 9.47 Å². The summed E-state index contributed by atoms with van der Waals surface area (Å²) in [5, 5.41) is 13.9. The van der Waals surface area contributed by atoms with E-state index in [0.29, 0.717) is 28.5 Å². The largest absolute Gasteiger partial charge is 0.504 e. The molecule has 0 aromatic heterocycles. The van der Waals surface area contributed by atoms with Crippen LogP contribution in [-0.4, -0.2) is 17.8 Å². The van der Waals surface area contributed by atoms with Gasteiger partial charge in [-0.2, -0.15) is 0 Å². The molecule has 2 aliphatic heterocycles. The molecule has 3 aromatic rings. The molecule has 0 aliphatic carbocycles. The minimum Gasteiger partial charge on any atom is -0.504 e. The molecule has 0 saturated carbocycles. The highest BCUT2D eigenvalue weighted by atomic mass is 19.2. The first-order valence-electron chi connectivity index (χ1n) is 10.7.